The van der Waals surface area contributed by atoms with Crippen LogP contribution in [0.3, 0.4) is 0 Å². The third kappa shape index (κ3) is 5.19. The zero-order valence-electron chi connectivity index (χ0n) is 15.2. The lowest BCUT2D eigenvalue weighted by Gasteiger charge is -2.40. The van der Waals surface area contributed by atoms with E-state index in [-0.39, 0.29) is 6.09 Å². The number of ether oxygens (including phenoxy) is 1. The van der Waals surface area contributed by atoms with Gasteiger partial charge in [0, 0.05) is 32.2 Å². The summed E-state index contributed by atoms with van der Waals surface area (Å²) in [6.45, 7) is 5.70. The maximum atomic E-state index is 12.3. The van der Waals surface area contributed by atoms with Crippen LogP contribution in [-0.4, -0.2) is 58.8 Å². The predicted octanol–water partition coefficient (Wildman–Crippen LogP) is 3.02. The van der Waals surface area contributed by atoms with Gasteiger partial charge in [-0.2, -0.15) is 0 Å². The van der Waals surface area contributed by atoms with Gasteiger partial charge in [-0.3, -0.25) is 0 Å². The predicted molar refractivity (Wildman–Crippen MR) is 97.3 cm³/mol. The molecule has 0 spiro atoms. The molecular weight excluding hydrogens is 316 g/mol. The Morgan fingerprint density at radius 1 is 1.16 bits per heavy atom. The molecule has 2 aliphatic heterocycles. The van der Waals surface area contributed by atoms with Gasteiger partial charge in [0.15, 0.2) is 0 Å². The average molecular weight is 346 g/mol. The molecule has 2 aliphatic rings. The Morgan fingerprint density at radius 3 is 2.60 bits per heavy atom. The van der Waals surface area contributed by atoms with Crippen LogP contribution in [0.4, 0.5) is 4.79 Å². The lowest BCUT2D eigenvalue weighted by atomic mass is 9.92. The first-order chi connectivity index (χ1) is 12.0. The summed E-state index contributed by atoms with van der Waals surface area (Å²) in [5.41, 5.74) is 0.512. The number of rotatable bonds is 3. The van der Waals surface area contributed by atoms with Crippen LogP contribution >= 0.6 is 0 Å². The van der Waals surface area contributed by atoms with E-state index in [4.69, 9.17) is 4.74 Å². The number of piperidine rings is 1. The largest absolute Gasteiger partial charge is 0.445 e. The van der Waals surface area contributed by atoms with Crippen molar-refractivity contribution in [3.63, 3.8) is 0 Å². The second kappa shape index (κ2) is 8.19. The van der Waals surface area contributed by atoms with Crippen molar-refractivity contribution < 1.29 is 14.6 Å². The molecule has 1 aromatic rings. The minimum atomic E-state index is -0.505. The third-order valence-electron chi connectivity index (χ3n) is 5.55. The summed E-state index contributed by atoms with van der Waals surface area (Å²) in [5.74, 6) is 0. The highest BCUT2D eigenvalue weighted by Crippen LogP contribution is 2.26. The Hall–Kier alpha value is -1.59. The zero-order chi connectivity index (χ0) is 17.7. The van der Waals surface area contributed by atoms with Crippen LogP contribution in [0.5, 0.6) is 0 Å². The molecule has 1 atom stereocenters. The minimum Gasteiger partial charge on any atom is -0.445 e. The highest BCUT2D eigenvalue weighted by Gasteiger charge is 2.32. The van der Waals surface area contributed by atoms with Crippen molar-refractivity contribution in [1.82, 2.24) is 9.80 Å². The molecule has 1 amide bonds. The molecule has 0 radical (unpaired) electrons. The molecule has 1 unspecified atom stereocenters. The first-order valence-electron chi connectivity index (χ1n) is 9.46. The molecule has 3 rings (SSSR count). The molecule has 0 aliphatic carbocycles. The SMILES string of the molecule is CC1(O)CCN(C2CCCN(C(=O)OCc3ccccc3)CC2)CC1. The molecule has 138 valence electrons. The van der Waals surface area contributed by atoms with Crippen LogP contribution in [0, 0.1) is 0 Å². The molecule has 0 saturated carbocycles. The van der Waals surface area contributed by atoms with Crippen LogP contribution in [0.2, 0.25) is 0 Å². The second-order valence-electron chi connectivity index (χ2n) is 7.64. The van der Waals surface area contributed by atoms with Gasteiger partial charge in [-0.1, -0.05) is 30.3 Å². The molecule has 1 N–H and O–H groups in total. The number of hydrogen-bond donors (Lipinski definition) is 1. The van der Waals surface area contributed by atoms with Crippen molar-refractivity contribution in [2.24, 2.45) is 0 Å². The topological polar surface area (TPSA) is 53.0 Å². The van der Waals surface area contributed by atoms with Crippen LogP contribution < -0.4 is 0 Å². The van der Waals surface area contributed by atoms with Crippen LogP contribution in [0.15, 0.2) is 30.3 Å². The highest BCUT2D eigenvalue weighted by molar-refractivity contribution is 5.67. The summed E-state index contributed by atoms with van der Waals surface area (Å²) in [6, 6.07) is 10.3. The summed E-state index contributed by atoms with van der Waals surface area (Å²) in [6.07, 6.45) is 4.59. The molecule has 0 bridgehead atoms. The Bertz CT molecular complexity index is 551. The van der Waals surface area contributed by atoms with E-state index in [1.807, 2.05) is 42.2 Å². The molecule has 2 saturated heterocycles. The lowest BCUT2D eigenvalue weighted by Crippen LogP contribution is -2.47. The maximum Gasteiger partial charge on any atom is 0.410 e. The fourth-order valence-corrected chi connectivity index (χ4v) is 3.81. The molecule has 5 heteroatoms. The number of carbonyl (C=O) groups excluding carboxylic acids is 1. The van der Waals surface area contributed by atoms with E-state index in [0.29, 0.717) is 12.6 Å². The summed E-state index contributed by atoms with van der Waals surface area (Å²) in [5, 5.41) is 10.1. The van der Waals surface area contributed by atoms with E-state index in [0.717, 1.165) is 63.8 Å². The molecular formula is C20H30N2O3. The van der Waals surface area contributed by atoms with Crippen molar-refractivity contribution in [2.75, 3.05) is 26.2 Å². The van der Waals surface area contributed by atoms with E-state index >= 15 is 0 Å². The van der Waals surface area contributed by atoms with E-state index in [2.05, 4.69) is 4.90 Å². The molecule has 0 aromatic heterocycles. The van der Waals surface area contributed by atoms with Crippen LogP contribution in [0.25, 0.3) is 0 Å². The molecule has 25 heavy (non-hydrogen) atoms. The second-order valence-corrected chi connectivity index (χ2v) is 7.64. The monoisotopic (exact) mass is 346 g/mol. The van der Waals surface area contributed by atoms with Crippen LogP contribution in [-0.2, 0) is 11.3 Å². The summed E-state index contributed by atoms with van der Waals surface area (Å²) >= 11 is 0. The number of carbonyl (C=O) groups is 1. The first-order valence-corrected chi connectivity index (χ1v) is 9.46. The number of aliphatic hydroxyl groups is 1. The van der Waals surface area contributed by atoms with Crippen molar-refractivity contribution in [2.45, 2.75) is 57.3 Å². The fraction of sp³-hybridized carbons (Fsp3) is 0.650. The van der Waals surface area contributed by atoms with Crippen LogP contribution in [0.1, 0.15) is 44.6 Å². The van der Waals surface area contributed by atoms with Gasteiger partial charge < -0.3 is 19.6 Å². The number of hydrogen-bond acceptors (Lipinski definition) is 4. The van der Waals surface area contributed by atoms with Gasteiger partial charge in [-0.05, 0) is 44.6 Å². The molecule has 2 heterocycles. The summed E-state index contributed by atoms with van der Waals surface area (Å²) < 4.78 is 5.47. The van der Waals surface area contributed by atoms with Crippen molar-refractivity contribution in [3.8, 4) is 0 Å². The number of amides is 1. The van der Waals surface area contributed by atoms with Gasteiger partial charge in [-0.15, -0.1) is 0 Å². The quantitative estimate of drug-likeness (QED) is 0.914. The zero-order valence-corrected chi connectivity index (χ0v) is 15.2. The van der Waals surface area contributed by atoms with Gasteiger partial charge in [-0.25, -0.2) is 4.79 Å². The Kier molecular flexibility index (Phi) is 5.97. The minimum absolute atomic E-state index is 0.203. The normalized spacial score (nSPS) is 24.6. The first kappa shape index (κ1) is 18.2. The van der Waals surface area contributed by atoms with E-state index in [1.54, 1.807) is 0 Å². The fourth-order valence-electron chi connectivity index (χ4n) is 3.81. The smallest absolute Gasteiger partial charge is 0.410 e. The van der Waals surface area contributed by atoms with Gasteiger partial charge in [0.1, 0.15) is 6.61 Å². The Balaban J connectivity index is 1.45. The van der Waals surface area contributed by atoms with Gasteiger partial charge in [0.25, 0.3) is 0 Å². The molecule has 1 aromatic carbocycles. The molecule has 5 nitrogen and oxygen atoms in total. The van der Waals surface area contributed by atoms with Crippen molar-refractivity contribution in [3.05, 3.63) is 35.9 Å². The Labute approximate surface area is 150 Å². The van der Waals surface area contributed by atoms with Crippen molar-refractivity contribution in [1.29, 1.82) is 0 Å². The average Bonchev–Trinajstić information content (AvgIpc) is 2.87. The lowest BCUT2D eigenvalue weighted by molar-refractivity contribution is -0.0180. The van der Waals surface area contributed by atoms with Gasteiger partial charge in [0.05, 0.1) is 5.60 Å². The van der Waals surface area contributed by atoms with Gasteiger partial charge >= 0.3 is 6.09 Å². The van der Waals surface area contributed by atoms with E-state index < -0.39 is 5.60 Å². The number of nitrogens with zero attached hydrogens (tertiary/aromatic N) is 2. The highest BCUT2D eigenvalue weighted by atomic mass is 16.6. The van der Waals surface area contributed by atoms with E-state index in [1.165, 1.54) is 0 Å². The van der Waals surface area contributed by atoms with E-state index in [9.17, 15) is 9.90 Å². The summed E-state index contributed by atoms with van der Waals surface area (Å²) in [7, 11) is 0. The number of benzene rings is 1. The van der Waals surface area contributed by atoms with Gasteiger partial charge in [0.2, 0.25) is 0 Å². The van der Waals surface area contributed by atoms with Crippen molar-refractivity contribution >= 4 is 6.09 Å². The maximum absolute atomic E-state index is 12.3. The number of likely N-dealkylation sites (tertiary alicyclic amines) is 2. The Morgan fingerprint density at radius 2 is 1.88 bits per heavy atom. The standard InChI is InChI=1S/C20H30N2O3/c1-20(24)10-14-21(15-11-20)18-8-5-12-22(13-9-18)19(23)25-16-17-6-3-2-4-7-17/h2-4,6-7,18,24H,5,8-16H2,1H3. The molecule has 2 fully saturated rings. The summed E-state index contributed by atoms with van der Waals surface area (Å²) in [4.78, 5) is 16.7. The third-order valence-corrected chi connectivity index (χ3v) is 5.55.